The number of aryl methyl sites for hydroxylation is 1. The standard InChI is InChI=1S/C12H19N3OS/c1-4-16-9(3)7-14-11-6-10(12(13)17)5-8(2)15-11/h5-6,9H,4,7H2,1-3H3,(H2,13,17)(H,14,15). The number of rotatable bonds is 6. The molecule has 0 bridgehead atoms. The summed E-state index contributed by atoms with van der Waals surface area (Å²) in [6.07, 6.45) is 0.149. The lowest BCUT2D eigenvalue weighted by Crippen LogP contribution is -2.20. The van der Waals surface area contributed by atoms with Crippen LogP contribution in [0.2, 0.25) is 0 Å². The number of ether oxygens (including phenoxy) is 1. The zero-order valence-corrected chi connectivity index (χ0v) is 11.3. The molecule has 1 heterocycles. The van der Waals surface area contributed by atoms with Gasteiger partial charge < -0.3 is 15.8 Å². The second kappa shape index (κ2) is 6.51. The highest BCUT2D eigenvalue weighted by atomic mass is 32.1. The van der Waals surface area contributed by atoms with Crippen LogP contribution in [0.5, 0.6) is 0 Å². The third-order valence-corrected chi connectivity index (χ3v) is 2.50. The van der Waals surface area contributed by atoms with Gasteiger partial charge >= 0.3 is 0 Å². The summed E-state index contributed by atoms with van der Waals surface area (Å²) in [7, 11) is 0. The molecule has 1 atom stereocenters. The highest BCUT2D eigenvalue weighted by Gasteiger charge is 2.04. The number of nitrogens with one attached hydrogen (secondary N) is 1. The minimum absolute atomic E-state index is 0.149. The van der Waals surface area contributed by atoms with E-state index in [1.807, 2.05) is 32.9 Å². The lowest BCUT2D eigenvalue weighted by atomic mass is 10.2. The minimum Gasteiger partial charge on any atom is -0.389 e. The molecule has 5 heteroatoms. The second-order valence-electron chi connectivity index (χ2n) is 3.89. The van der Waals surface area contributed by atoms with Crippen LogP contribution < -0.4 is 11.1 Å². The summed E-state index contributed by atoms with van der Waals surface area (Å²) in [4.78, 5) is 4.75. The summed E-state index contributed by atoms with van der Waals surface area (Å²) in [5, 5.41) is 3.21. The van der Waals surface area contributed by atoms with E-state index in [4.69, 9.17) is 22.7 Å². The number of aromatic nitrogens is 1. The first kappa shape index (κ1) is 13.9. The first-order valence-corrected chi connectivity index (χ1v) is 6.07. The fourth-order valence-corrected chi connectivity index (χ4v) is 1.61. The molecule has 1 rings (SSSR count). The van der Waals surface area contributed by atoms with Crippen LogP contribution in [0.3, 0.4) is 0 Å². The lowest BCUT2D eigenvalue weighted by Gasteiger charge is -2.14. The molecule has 17 heavy (non-hydrogen) atoms. The van der Waals surface area contributed by atoms with Crippen molar-refractivity contribution in [2.24, 2.45) is 5.73 Å². The molecule has 0 fully saturated rings. The first-order chi connectivity index (χ1) is 8.02. The summed E-state index contributed by atoms with van der Waals surface area (Å²) in [5.41, 5.74) is 7.33. The zero-order chi connectivity index (χ0) is 12.8. The molecule has 0 amide bonds. The third kappa shape index (κ3) is 4.66. The van der Waals surface area contributed by atoms with Crippen LogP contribution in [0.1, 0.15) is 25.1 Å². The molecule has 4 nitrogen and oxygen atoms in total. The van der Waals surface area contributed by atoms with E-state index in [1.165, 1.54) is 0 Å². The van der Waals surface area contributed by atoms with Gasteiger partial charge in [0.05, 0.1) is 6.10 Å². The normalized spacial score (nSPS) is 12.2. The Hall–Kier alpha value is -1.20. The van der Waals surface area contributed by atoms with Gasteiger partial charge in [-0.1, -0.05) is 12.2 Å². The number of anilines is 1. The van der Waals surface area contributed by atoms with Gasteiger partial charge in [0.1, 0.15) is 10.8 Å². The summed E-state index contributed by atoms with van der Waals surface area (Å²) < 4.78 is 5.43. The summed E-state index contributed by atoms with van der Waals surface area (Å²) in [6.45, 7) is 7.33. The molecule has 1 unspecified atom stereocenters. The van der Waals surface area contributed by atoms with Gasteiger partial charge in [0.25, 0.3) is 0 Å². The second-order valence-corrected chi connectivity index (χ2v) is 4.33. The number of hydrogen-bond donors (Lipinski definition) is 2. The molecule has 0 saturated heterocycles. The molecule has 0 saturated carbocycles. The highest BCUT2D eigenvalue weighted by molar-refractivity contribution is 7.80. The number of hydrogen-bond acceptors (Lipinski definition) is 4. The van der Waals surface area contributed by atoms with E-state index < -0.39 is 0 Å². The fraction of sp³-hybridized carbons (Fsp3) is 0.500. The number of thiocarbonyl (C=S) groups is 1. The van der Waals surface area contributed by atoms with Gasteiger partial charge in [0.15, 0.2) is 0 Å². The molecule has 3 N–H and O–H groups in total. The van der Waals surface area contributed by atoms with E-state index in [9.17, 15) is 0 Å². The lowest BCUT2D eigenvalue weighted by molar-refractivity contribution is 0.0855. The topological polar surface area (TPSA) is 60.2 Å². The Kier molecular flexibility index (Phi) is 5.31. The van der Waals surface area contributed by atoms with Crippen LogP contribution in [-0.2, 0) is 4.74 Å². The zero-order valence-electron chi connectivity index (χ0n) is 10.5. The van der Waals surface area contributed by atoms with E-state index in [2.05, 4.69) is 10.3 Å². The van der Waals surface area contributed by atoms with Crippen molar-refractivity contribution < 1.29 is 4.74 Å². The van der Waals surface area contributed by atoms with Crippen LogP contribution in [0.4, 0.5) is 5.82 Å². The Morgan fingerprint density at radius 1 is 1.59 bits per heavy atom. The SMILES string of the molecule is CCOC(C)CNc1cc(C(N)=S)cc(C)n1. The van der Waals surface area contributed by atoms with E-state index in [1.54, 1.807) is 0 Å². The number of pyridine rings is 1. The molecule has 1 aromatic heterocycles. The molecule has 0 aromatic carbocycles. The Labute approximate surface area is 108 Å². The predicted octanol–water partition coefficient (Wildman–Crippen LogP) is 1.86. The van der Waals surface area contributed by atoms with Crippen molar-refractivity contribution in [1.29, 1.82) is 0 Å². The Bertz CT molecular complexity index is 395. The molecule has 0 aliphatic heterocycles. The van der Waals surface area contributed by atoms with Crippen molar-refractivity contribution in [1.82, 2.24) is 4.98 Å². The van der Waals surface area contributed by atoms with Crippen molar-refractivity contribution in [2.75, 3.05) is 18.5 Å². The van der Waals surface area contributed by atoms with Crippen LogP contribution in [0.15, 0.2) is 12.1 Å². The van der Waals surface area contributed by atoms with Crippen molar-refractivity contribution >= 4 is 23.0 Å². The Balaban J connectivity index is 2.68. The smallest absolute Gasteiger partial charge is 0.126 e. The van der Waals surface area contributed by atoms with Gasteiger partial charge in [-0.05, 0) is 32.9 Å². The average molecular weight is 253 g/mol. The summed E-state index contributed by atoms with van der Waals surface area (Å²) in [6, 6.07) is 3.73. The van der Waals surface area contributed by atoms with Crippen molar-refractivity contribution in [3.63, 3.8) is 0 Å². The van der Waals surface area contributed by atoms with E-state index in [-0.39, 0.29) is 6.10 Å². The fourth-order valence-electron chi connectivity index (χ4n) is 1.49. The van der Waals surface area contributed by atoms with Crippen molar-refractivity contribution in [3.05, 3.63) is 23.4 Å². The molecular weight excluding hydrogens is 234 g/mol. The number of nitrogens with two attached hydrogens (primary N) is 1. The van der Waals surface area contributed by atoms with Gasteiger partial charge in [-0.15, -0.1) is 0 Å². The third-order valence-electron chi connectivity index (χ3n) is 2.26. The van der Waals surface area contributed by atoms with Gasteiger partial charge in [-0.2, -0.15) is 0 Å². The van der Waals surface area contributed by atoms with Crippen LogP contribution in [0, 0.1) is 6.92 Å². The largest absolute Gasteiger partial charge is 0.389 e. The van der Waals surface area contributed by atoms with Gasteiger partial charge in [-0.25, -0.2) is 4.98 Å². The maximum atomic E-state index is 5.61. The maximum absolute atomic E-state index is 5.61. The quantitative estimate of drug-likeness (QED) is 0.758. The number of nitrogens with zero attached hydrogens (tertiary/aromatic N) is 1. The van der Waals surface area contributed by atoms with Gasteiger partial charge in [0, 0.05) is 24.4 Å². The molecule has 1 aromatic rings. The monoisotopic (exact) mass is 253 g/mol. The van der Waals surface area contributed by atoms with Crippen molar-refractivity contribution in [2.45, 2.75) is 26.9 Å². The average Bonchev–Trinajstić information content (AvgIpc) is 2.26. The molecule has 94 valence electrons. The molecule has 0 aliphatic carbocycles. The Morgan fingerprint density at radius 3 is 2.88 bits per heavy atom. The van der Waals surface area contributed by atoms with Crippen LogP contribution in [-0.4, -0.2) is 29.2 Å². The van der Waals surface area contributed by atoms with E-state index in [0.717, 1.165) is 17.1 Å². The summed E-state index contributed by atoms with van der Waals surface area (Å²) in [5.74, 6) is 0.777. The predicted molar refractivity (Wildman–Crippen MR) is 74.4 cm³/mol. The minimum atomic E-state index is 0.149. The molecule has 0 aliphatic rings. The maximum Gasteiger partial charge on any atom is 0.126 e. The molecular formula is C12H19N3OS. The van der Waals surface area contributed by atoms with Gasteiger partial charge in [0.2, 0.25) is 0 Å². The van der Waals surface area contributed by atoms with E-state index in [0.29, 0.717) is 18.1 Å². The van der Waals surface area contributed by atoms with Crippen LogP contribution >= 0.6 is 12.2 Å². The molecule has 0 radical (unpaired) electrons. The van der Waals surface area contributed by atoms with Crippen LogP contribution in [0.25, 0.3) is 0 Å². The van der Waals surface area contributed by atoms with E-state index >= 15 is 0 Å². The Morgan fingerprint density at radius 2 is 2.29 bits per heavy atom. The summed E-state index contributed by atoms with van der Waals surface area (Å²) >= 11 is 4.96. The van der Waals surface area contributed by atoms with Crippen molar-refractivity contribution in [3.8, 4) is 0 Å². The highest BCUT2D eigenvalue weighted by Crippen LogP contribution is 2.10. The first-order valence-electron chi connectivity index (χ1n) is 5.67. The van der Waals surface area contributed by atoms with Gasteiger partial charge in [-0.3, -0.25) is 0 Å². The molecule has 0 spiro atoms.